The van der Waals surface area contributed by atoms with Gasteiger partial charge >= 0.3 is 0 Å². The van der Waals surface area contributed by atoms with Crippen LogP contribution in [0.15, 0.2) is 24.3 Å². The van der Waals surface area contributed by atoms with Crippen LogP contribution >= 0.6 is 0 Å². The number of carbonyl (C=O) groups excluding carboxylic acids is 1. The molecule has 2 fully saturated rings. The van der Waals surface area contributed by atoms with Crippen LogP contribution in [-0.4, -0.2) is 62.7 Å². The van der Waals surface area contributed by atoms with E-state index in [1.54, 1.807) is 14.2 Å². The number of ether oxygens (including phenoxy) is 2. The Kier molecular flexibility index (Phi) is 5.41. The lowest BCUT2D eigenvalue weighted by molar-refractivity contribution is -0.138. The molecule has 3 rings (SSSR count). The lowest BCUT2D eigenvalue weighted by Crippen LogP contribution is -2.48. The van der Waals surface area contributed by atoms with Crippen LogP contribution < -0.4 is 4.74 Å². The molecule has 1 spiro atoms. The predicted octanol–water partition coefficient (Wildman–Crippen LogP) is 2.16. The van der Waals surface area contributed by atoms with E-state index < -0.39 is 0 Å². The average Bonchev–Trinajstić information content (AvgIpc) is 2.97. The summed E-state index contributed by atoms with van der Waals surface area (Å²) in [5.41, 5.74) is 1.49. The molecule has 0 saturated carbocycles. The number of hydrogen-bond donors (Lipinski definition) is 0. The molecule has 1 aromatic carbocycles. The maximum Gasteiger partial charge on any atom is 0.248 e. The molecule has 0 radical (unpaired) electrons. The minimum atomic E-state index is 0.125. The average molecular weight is 332 g/mol. The van der Waals surface area contributed by atoms with E-state index in [1.807, 2.05) is 17.0 Å². The van der Waals surface area contributed by atoms with E-state index in [1.165, 1.54) is 18.4 Å². The molecule has 1 aromatic rings. The van der Waals surface area contributed by atoms with Gasteiger partial charge in [-0.3, -0.25) is 9.69 Å². The van der Waals surface area contributed by atoms with E-state index >= 15 is 0 Å². The van der Waals surface area contributed by atoms with Crippen LogP contribution in [0.3, 0.4) is 0 Å². The van der Waals surface area contributed by atoms with Gasteiger partial charge in [-0.2, -0.15) is 0 Å². The Morgan fingerprint density at radius 2 is 2.00 bits per heavy atom. The quantitative estimate of drug-likeness (QED) is 0.829. The number of piperidine rings is 1. The highest BCUT2D eigenvalue weighted by molar-refractivity contribution is 5.77. The first-order valence-corrected chi connectivity index (χ1v) is 8.77. The van der Waals surface area contributed by atoms with Gasteiger partial charge in [-0.15, -0.1) is 0 Å². The monoisotopic (exact) mass is 332 g/mol. The number of rotatable bonds is 5. The fraction of sp³-hybridized carbons (Fsp3) is 0.632. The first-order chi connectivity index (χ1) is 11.7. The third kappa shape index (κ3) is 3.73. The molecule has 1 amide bonds. The number of amides is 1. The van der Waals surface area contributed by atoms with Crippen molar-refractivity contribution in [2.45, 2.75) is 25.8 Å². The lowest BCUT2D eigenvalue weighted by Gasteiger charge is -2.40. The van der Waals surface area contributed by atoms with E-state index in [2.05, 4.69) is 17.0 Å². The van der Waals surface area contributed by atoms with E-state index in [9.17, 15) is 4.79 Å². The Labute approximate surface area is 144 Å². The highest BCUT2D eigenvalue weighted by Crippen LogP contribution is 2.39. The number of likely N-dealkylation sites (tertiary alicyclic amines) is 2. The van der Waals surface area contributed by atoms with Gasteiger partial charge in [0.15, 0.2) is 0 Å². The molecule has 0 aromatic heterocycles. The summed E-state index contributed by atoms with van der Waals surface area (Å²) in [6.07, 6.45) is 3.48. The van der Waals surface area contributed by atoms with E-state index in [-0.39, 0.29) is 17.9 Å². The molecule has 5 nitrogen and oxygen atoms in total. The normalized spacial score (nSPS) is 24.5. The zero-order chi connectivity index (χ0) is 17.0. The third-order valence-corrected chi connectivity index (χ3v) is 5.39. The molecule has 0 aliphatic carbocycles. The lowest BCUT2D eigenvalue weighted by atomic mass is 9.79. The van der Waals surface area contributed by atoms with Gasteiger partial charge in [0.2, 0.25) is 5.91 Å². The highest BCUT2D eigenvalue weighted by atomic mass is 16.5. The van der Waals surface area contributed by atoms with Gasteiger partial charge in [-0.25, -0.2) is 0 Å². The summed E-state index contributed by atoms with van der Waals surface area (Å²) in [5.74, 6) is 1.08. The van der Waals surface area contributed by atoms with Gasteiger partial charge in [0.1, 0.15) is 12.4 Å². The van der Waals surface area contributed by atoms with Crippen molar-refractivity contribution < 1.29 is 14.3 Å². The highest BCUT2D eigenvalue weighted by Gasteiger charge is 2.42. The summed E-state index contributed by atoms with van der Waals surface area (Å²) in [7, 11) is 3.31. The minimum absolute atomic E-state index is 0.125. The Bertz CT molecular complexity index is 577. The van der Waals surface area contributed by atoms with Crippen molar-refractivity contribution in [3.8, 4) is 5.75 Å². The van der Waals surface area contributed by atoms with Crippen LogP contribution in [-0.2, 0) is 16.1 Å². The fourth-order valence-electron chi connectivity index (χ4n) is 4.21. The van der Waals surface area contributed by atoms with Gasteiger partial charge in [-0.1, -0.05) is 18.2 Å². The van der Waals surface area contributed by atoms with E-state index in [0.29, 0.717) is 0 Å². The van der Waals surface area contributed by atoms with Crippen LogP contribution in [0.25, 0.3) is 0 Å². The summed E-state index contributed by atoms with van der Waals surface area (Å²) in [4.78, 5) is 16.7. The largest absolute Gasteiger partial charge is 0.496 e. The molecule has 2 aliphatic heterocycles. The second-order valence-electron chi connectivity index (χ2n) is 7.12. The molecular weight excluding hydrogens is 304 g/mol. The summed E-state index contributed by atoms with van der Waals surface area (Å²) in [5, 5.41) is 0. The van der Waals surface area contributed by atoms with Gasteiger partial charge in [0.05, 0.1) is 7.11 Å². The predicted molar refractivity (Wildman–Crippen MR) is 93.0 cm³/mol. The molecular formula is C19H28N2O3. The van der Waals surface area contributed by atoms with Crippen molar-refractivity contribution in [2.75, 3.05) is 47.0 Å². The first kappa shape index (κ1) is 17.2. The summed E-state index contributed by atoms with van der Waals surface area (Å²) < 4.78 is 10.5. The molecule has 0 unspecified atom stereocenters. The number of nitrogens with zero attached hydrogens (tertiary/aromatic N) is 2. The topological polar surface area (TPSA) is 42.0 Å². The Hall–Kier alpha value is -1.59. The number of benzene rings is 1. The molecule has 132 valence electrons. The molecule has 24 heavy (non-hydrogen) atoms. The Morgan fingerprint density at radius 1 is 1.17 bits per heavy atom. The van der Waals surface area contributed by atoms with Crippen molar-refractivity contribution >= 4 is 5.91 Å². The molecule has 5 heteroatoms. The van der Waals surface area contributed by atoms with Gasteiger partial charge in [0, 0.05) is 44.3 Å². The summed E-state index contributed by atoms with van der Waals surface area (Å²) >= 11 is 0. The van der Waals surface area contributed by atoms with Gasteiger partial charge in [-0.05, 0) is 31.9 Å². The van der Waals surface area contributed by atoms with Gasteiger partial charge < -0.3 is 14.4 Å². The maximum absolute atomic E-state index is 12.2. The van der Waals surface area contributed by atoms with Crippen LogP contribution in [0, 0.1) is 5.41 Å². The molecule has 1 atom stereocenters. The SMILES string of the molecule is COCC(=O)N1CCC[C@@]2(CCN(Cc3ccccc3OC)C2)C1. The van der Waals surface area contributed by atoms with Crippen molar-refractivity contribution in [2.24, 2.45) is 5.41 Å². The number of hydrogen-bond acceptors (Lipinski definition) is 4. The molecule has 0 N–H and O–H groups in total. The number of carbonyl (C=O) groups is 1. The molecule has 2 heterocycles. The second kappa shape index (κ2) is 7.53. The van der Waals surface area contributed by atoms with Crippen LogP contribution in [0.5, 0.6) is 5.75 Å². The van der Waals surface area contributed by atoms with E-state index in [4.69, 9.17) is 9.47 Å². The standard InChI is InChI=1S/C19H28N2O3/c1-23-13-18(22)21-10-5-8-19(15-21)9-11-20(14-19)12-16-6-3-4-7-17(16)24-2/h3-4,6-7H,5,8-15H2,1-2H3/t19-/m0/s1. The molecule has 0 bridgehead atoms. The zero-order valence-electron chi connectivity index (χ0n) is 14.8. The first-order valence-electron chi connectivity index (χ1n) is 8.77. The van der Waals surface area contributed by atoms with Crippen LogP contribution in [0.2, 0.25) is 0 Å². The van der Waals surface area contributed by atoms with Crippen molar-refractivity contribution in [3.63, 3.8) is 0 Å². The molecule has 2 saturated heterocycles. The summed E-state index contributed by atoms with van der Waals surface area (Å²) in [6.45, 7) is 5.00. The van der Waals surface area contributed by atoms with Crippen molar-refractivity contribution in [1.29, 1.82) is 0 Å². The summed E-state index contributed by atoms with van der Waals surface area (Å²) in [6, 6.07) is 8.23. The van der Waals surface area contributed by atoms with Crippen LogP contribution in [0.4, 0.5) is 0 Å². The van der Waals surface area contributed by atoms with Gasteiger partial charge in [0.25, 0.3) is 0 Å². The molecule has 2 aliphatic rings. The van der Waals surface area contributed by atoms with Crippen molar-refractivity contribution in [3.05, 3.63) is 29.8 Å². The smallest absolute Gasteiger partial charge is 0.248 e. The van der Waals surface area contributed by atoms with E-state index in [0.717, 1.165) is 44.9 Å². The van der Waals surface area contributed by atoms with Crippen molar-refractivity contribution in [1.82, 2.24) is 9.80 Å². The Morgan fingerprint density at radius 3 is 2.79 bits per heavy atom. The second-order valence-corrected chi connectivity index (χ2v) is 7.12. The fourth-order valence-corrected chi connectivity index (χ4v) is 4.21. The number of para-hydroxylation sites is 1. The van der Waals surface area contributed by atoms with Crippen LogP contribution in [0.1, 0.15) is 24.8 Å². The minimum Gasteiger partial charge on any atom is -0.496 e. The Balaban J connectivity index is 1.62. The zero-order valence-corrected chi connectivity index (χ0v) is 14.8. The number of methoxy groups -OCH3 is 2. The maximum atomic E-state index is 12.2. The third-order valence-electron chi connectivity index (χ3n) is 5.39.